The van der Waals surface area contributed by atoms with Crippen molar-refractivity contribution in [2.75, 3.05) is 0 Å². The Morgan fingerprint density at radius 2 is 1.47 bits per heavy atom. The maximum atomic E-state index is 13.8. The molecule has 0 N–H and O–H groups in total. The SMILES string of the molecule is O=C(C=C(c1cc(Br)cc(C(F)(F)F)c1)C(F)(F)F)c1ccc(CN2C(=O)c3ccccc3C2=O)c(Cl)c1. The minimum atomic E-state index is -5.16. The number of fused-ring (bicyclic) bond motifs is 1. The molecule has 0 fully saturated rings. The lowest BCUT2D eigenvalue weighted by atomic mass is 9.99. The number of alkyl halides is 6. The van der Waals surface area contributed by atoms with Crippen LogP contribution in [0.1, 0.15) is 47.8 Å². The monoisotopic (exact) mass is 615 g/mol. The third-order valence-corrected chi connectivity index (χ3v) is 6.47. The normalized spacial score (nSPS) is 14.2. The number of ketones is 1. The van der Waals surface area contributed by atoms with E-state index in [0.29, 0.717) is 12.1 Å². The Morgan fingerprint density at radius 3 is 2.00 bits per heavy atom. The van der Waals surface area contributed by atoms with Crippen molar-refractivity contribution in [2.24, 2.45) is 0 Å². The fourth-order valence-corrected chi connectivity index (χ4v) is 4.57. The summed E-state index contributed by atoms with van der Waals surface area (Å²) in [7, 11) is 0. The molecule has 4 rings (SSSR count). The summed E-state index contributed by atoms with van der Waals surface area (Å²) in [6.07, 6.45) is -9.88. The lowest BCUT2D eigenvalue weighted by molar-refractivity contribution is -0.137. The van der Waals surface area contributed by atoms with Crippen LogP contribution in [0.15, 0.2) is 71.2 Å². The highest BCUT2D eigenvalue weighted by Crippen LogP contribution is 2.39. The van der Waals surface area contributed by atoms with Gasteiger partial charge in [-0.2, -0.15) is 26.3 Å². The van der Waals surface area contributed by atoms with Gasteiger partial charge in [0.05, 0.1) is 28.8 Å². The van der Waals surface area contributed by atoms with Crippen molar-refractivity contribution in [3.8, 4) is 0 Å². The summed E-state index contributed by atoms with van der Waals surface area (Å²) in [6.45, 7) is -0.248. The number of allylic oxidation sites excluding steroid dienone is 2. The predicted octanol–water partition coefficient (Wildman–Crippen LogP) is 7.75. The summed E-state index contributed by atoms with van der Waals surface area (Å²) in [5, 5.41) is -0.101. The topological polar surface area (TPSA) is 54.5 Å². The van der Waals surface area contributed by atoms with Gasteiger partial charge >= 0.3 is 12.4 Å². The lowest BCUT2D eigenvalue weighted by Gasteiger charge is -2.16. The molecule has 0 atom stereocenters. The molecule has 3 aromatic carbocycles. The number of imide groups is 1. The molecule has 1 heterocycles. The van der Waals surface area contributed by atoms with Crippen molar-refractivity contribution in [1.82, 2.24) is 4.90 Å². The van der Waals surface area contributed by atoms with Crippen LogP contribution < -0.4 is 0 Å². The van der Waals surface area contributed by atoms with E-state index in [0.717, 1.165) is 23.1 Å². The fourth-order valence-electron chi connectivity index (χ4n) is 3.83. The van der Waals surface area contributed by atoms with Crippen molar-refractivity contribution in [3.63, 3.8) is 0 Å². The number of rotatable bonds is 5. The average molecular weight is 617 g/mol. The van der Waals surface area contributed by atoms with E-state index in [-0.39, 0.29) is 44.4 Å². The molecule has 0 saturated carbocycles. The van der Waals surface area contributed by atoms with E-state index in [1.807, 2.05) is 0 Å². The van der Waals surface area contributed by atoms with E-state index in [4.69, 9.17) is 11.6 Å². The highest BCUT2D eigenvalue weighted by Gasteiger charge is 2.38. The maximum Gasteiger partial charge on any atom is 0.417 e. The summed E-state index contributed by atoms with van der Waals surface area (Å²) in [4.78, 5) is 38.8. The van der Waals surface area contributed by atoms with Crippen LogP contribution >= 0.6 is 27.5 Å². The van der Waals surface area contributed by atoms with Crippen molar-refractivity contribution in [3.05, 3.63) is 110 Å². The quantitative estimate of drug-likeness (QED) is 0.128. The zero-order valence-corrected chi connectivity index (χ0v) is 21.1. The van der Waals surface area contributed by atoms with Gasteiger partial charge in [0.1, 0.15) is 0 Å². The highest BCUT2D eigenvalue weighted by atomic mass is 79.9. The standard InChI is InChI=1S/C26H13BrClF6NO3/c27-17-8-15(7-16(10-17)25(29,30)31)20(26(32,33)34)11-22(36)13-5-6-14(21(28)9-13)12-35-23(37)18-3-1-2-4-19(18)24(35)38/h1-11H,12H2. The van der Waals surface area contributed by atoms with Crippen molar-refractivity contribution in [2.45, 2.75) is 18.9 Å². The number of carbonyl (C=O) groups excluding carboxylic acids is 3. The Balaban J connectivity index is 1.64. The van der Waals surface area contributed by atoms with Gasteiger partial charge in [0.15, 0.2) is 5.78 Å². The first-order chi connectivity index (χ1) is 17.7. The van der Waals surface area contributed by atoms with Crippen LogP contribution in [0.4, 0.5) is 26.3 Å². The molecule has 196 valence electrons. The molecule has 0 unspecified atom stereocenters. The van der Waals surface area contributed by atoms with Crippen molar-refractivity contribution in [1.29, 1.82) is 0 Å². The Labute approximate surface area is 224 Å². The number of nitrogens with zero attached hydrogens (tertiary/aromatic N) is 1. The molecule has 1 aliphatic rings. The van der Waals surface area contributed by atoms with Gasteiger partial charge in [-0.3, -0.25) is 19.3 Å². The highest BCUT2D eigenvalue weighted by molar-refractivity contribution is 9.10. The molecule has 0 radical (unpaired) electrons. The van der Waals surface area contributed by atoms with E-state index in [2.05, 4.69) is 15.9 Å². The van der Waals surface area contributed by atoms with E-state index >= 15 is 0 Å². The third-order valence-electron chi connectivity index (χ3n) is 5.66. The van der Waals surface area contributed by atoms with Gasteiger partial charge in [-0.25, -0.2) is 0 Å². The number of benzene rings is 3. The largest absolute Gasteiger partial charge is 0.417 e. The number of amides is 2. The number of hydrogen-bond acceptors (Lipinski definition) is 3. The molecule has 0 spiro atoms. The first-order valence-electron chi connectivity index (χ1n) is 10.6. The van der Waals surface area contributed by atoms with Gasteiger partial charge in [0.25, 0.3) is 11.8 Å². The van der Waals surface area contributed by atoms with E-state index in [1.165, 1.54) is 18.2 Å². The summed E-state index contributed by atoms with van der Waals surface area (Å²) in [5.74, 6) is -2.27. The van der Waals surface area contributed by atoms with Gasteiger partial charge in [-0.15, -0.1) is 0 Å². The molecule has 4 nitrogen and oxygen atoms in total. The van der Waals surface area contributed by atoms with Gasteiger partial charge in [0, 0.05) is 15.1 Å². The second-order valence-electron chi connectivity index (χ2n) is 8.19. The van der Waals surface area contributed by atoms with Crippen LogP contribution in [0.5, 0.6) is 0 Å². The molecule has 38 heavy (non-hydrogen) atoms. The van der Waals surface area contributed by atoms with Crippen molar-refractivity contribution >= 4 is 50.7 Å². The Hall–Kier alpha value is -3.44. The fraction of sp³-hybridized carbons (Fsp3) is 0.115. The van der Waals surface area contributed by atoms with E-state index in [9.17, 15) is 40.7 Å². The second kappa shape index (κ2) is 10.0. The molecule has 1 aliphatic heterocycles. The summed E-state index contributed by atoms with van der Waals surface area (Å²) in [6, 6.07) is 11.4. The first kappa shape index (κ1) is 27.6. The van der Waals surface area contributed by atoms with Crippen LogP contribution in [-0.2, 0) is 12.7 Å². The predicted molar refractivity (Wildman–Crippen MR) is 130 cm³/mol. The van der Waals surface area contributed by atoms with Crippen LogP contribution in [0, 0.1) is 0 Å². The van der Waals surface area contributed by atoms with Gasteiger partial charge < -0.3 is 0 Å². The minimum absolute atomic E-state index is 0.101. The Kier molecular flexibility index (Phi) is 7.28. The molecular formula is C26H13BrClF6NO3. The van der Waals surface area contributed by atoms with Crippen molar-refractivity contribution < 1.29 is 40.7 Å². The van der Waals surface area contributed by atoms with E-state index < -0.39 is 46.7 Å². The van der Waals surface area contributed by atoms with Crippen LogP contribution in [0.25, 0.3) is 5.57 Å². The Morgan fingerprint density at radius 1 is 0.868 bits per heavy atom. The van der Waals surface area contributed by atoms with Crippen LogP contribution in [0.2, 0.25) is 5.02 Å². The molecule has 12 heteroatoms. The minimum Gasteiger partial charge on any atom is -0.289 e. The lowest BCUT2D eigenvalue weighted by Crippen LogP contribution is -2.29. The molecule has 0 aromatic heterocycles. The van der Waals surface area contributed by atoms with Gasteiger partial charge in [0.2, 0.25) is 0 Å². The number of halogens is 8. The third kappa shape index (κ3) is 5.53. The smallest absolute Gasteiger partial charge is 0.289 e. The molecule has 0 aliphatic carbocycles. The van der Waals surface area contributed by atoms with Gasteiger partial charge in [-0.05, 0) is 53.6 Å². The summed E-state index contributed by atoms with van der Waals surface area (Å²) in [5.41, 5.74) is -3.38. The number of hydrogen-bond donors (Lipinski definition) is 0. The van der Waals surface area contributed by atoms with Crippen LogP contribution in [0.3, 0.4) is 0 Å². The Bertz CT molecular complexity index is 1480. The second-order valence-corrected chi connectivity index (χ2v) is 9.52. The number of carbonyl (C=O) groups is 3. The molecule has 3 aromatic rings. The summed E-state index contributed by atoms with van der Waals surface area (Å²) < 4.78 is 80.5. The average Bonchev–Trinajstić information content (AvgIpc) is 3.06. The zero-order valence-electron chi connectivity index (χ0n) is 18.8. The summed E-state index contributed by atoms with van der Waals surface area (Å²) >= 11 is 8.99. The molecule has 0 saturated heterocycles. The van der Waals surface area contributed by atoms with Crippen LogP contribution in [-0.4, -0.2) is 28.7 Å². The van der Waals surface area contributed by atoms with E-state index in [1.54, 1.807) is 12.1 Å². The maximum absolute atomic E-state index is 13.8. The van der Waals surface area contributed by atoms with Gasteiger partial charge in [-0.1, -0.05) is 51.8 Å². The molecule has 0 bridgehead atoms. The zero-order chi connectivity index (χ0) is 28.0. The molecule has 2 amide bonds. The first-order valence-corrected chi connectivity index (χ1v) is 11.8. The molecular weight excluding hydrogens is 604 g/mol.